The zero-order valence-corrected chi connectivity index (χ0v) is 28.3. The van der Waals surface area contributed by atoms with Crippen molar-refractivity contribution in [1.29, 1.82) is 0 Å². The van der Waals surface area contributed by atoms with E-state index in [1.54, 1.807) is 6.92 Å². The smallest absolute Gasteiger partial charge is 0.340 e. The van der Waals surface area contributed by atoms with Crippen LogP contribution in [0.5, 0.6) is 0 Å². The lowest BCUT2D eigenvalue weighted by atomic mass is 9.88. The second kappa shape index (κ2) is 13.8. The highest BCUT2D eigenvalue weighted by atomic mass is 32.2. The third kappa shape index (κ3) is 7.14. The average molecular weight is 684 g/mol. The first-order valence-corrected chi connectivity index (χ1v) is 18.1. The first-order valence-electron chi connectivity index (χ1n) is 15.6. The van der Waals surface area contributed by atoms with E-state index >= 15 is 4.39 Å². The summed E-state index contributed by atoms with van der Waals surface area (Å²) < 4.78 is 61.7. The number of aromatic nitrogens is 2. The highest BCUT2D eigenvalue weighted by Crippen LogP contribution is 2.59. The Labute approximate surface area is 271 Å². The van der Waals surface area contributed by atoms with Crippen LogP contribution in [-0.4, -0.2) is 63.4 Å². The molecular formula is C31H43FN3O9PS. The van der Waals surface area contributed by atoms with Crippen LogP contribution in [0.25, 0.3) is 0 Å². The minimum absolute atomic E-state index is 0.00983. The number of carbonyl (C=O) groups excluding carboxylic acids is 1. The maximum absolute atomic E-state index is 15.4. The molecule has 1 aromatic heterocycles. The van der Waals surface area contributed by atoms with Crippen LogP contribution in [-0.2, 0) is 39.2 Å². The van der Waals surface area contributed by atoms with Gasteiger partial charge in [0.15, 0.2) is 22.7 Å². The fraction of sp³-hybridized carbons (Fsp3) is 0.645. The lowest BCUT2D eigenvalue weighted by Crippen LogP contribution is -2.52. The van der Waals surface area contributed by atoms with Crippen molar-refractivity contribution in [2.45, 2.75) is 95.7 Å². The Kier molecular flexibility index (Phi) is 10.5. The Balaban J connectivity index is 1.39. The largest absolute Gasteiger partial charge is 0.405 e. The third-order valence-electron chi connectivity index (χ3n) is 9.08. The summed E-state index contributed by atoms with van der Waals surface area (Å²) in [4.78, 5) is 39.5. The molecule has 46 heavy (non-hydrogen) atoms. The number of H-pyrrole nitrogens is 1. The molecule has 5 atom stereocenters. The Morgan fingerprint density at radius 3 is 2.54 bits per heavy atom. The Morgan fingerprint density at radius 1 is 1.17 bits per heavy atom. The minimum atomic E-state index is -4.13. The molecule has 15 heteroatoms. The van der Waals surface area contributed by atoms with Gasteiger partial charge in [0.1, 0.15) is 18.4 Å². The number of benzene rings is 1. The van der Waals surface area contributed by atoms with E-state index in [-0.39, 0.29) is 24.0 Å². The molecule has 0 amide bonds. The van der Waals surface area contributed by atoms with Crippen molar-refractivity contribution >= 4 is 24.6 Å². The van der Waals surface area contributed by atoms with Gasteiger partial charge >= 0.3 is 13.4 Å². The summed E-state index contributed by atoms with van der Waals surface area (Å²) in [5.74, 6) is -0.778. The molecule has 1 aromatic carbocycles. The normalized spacial score (nSPS) is 28.4. The molecule has 5 rings (SSSR count). The minimum Gasteiger partial charge on any atom is -0.340 e. The van der Waals surface area contributed by atoms with Crippen LogP contribution >= 0.6 is 19.5 Å². The van der Waals surface area contributed by atoms with Gasteiger partial charge in [0, 0.05) is 42.8 Å². The number of alkyl halides is 1. The summed E-state index contributed by atoms with van der Waals surface area (Å²) in [6, 6.07) is 10.4. The molecule has 12 nitrogen and oxygen atoms in total. The van der Waals surface area contributed by atoms with Crippen molar-refractivity contribution in [3.05, 3.63) is 69.0 Å². The maximum Gasteiger partial charge on any atom is 0.405 e. The Bertz CT molecular complexity index is 1550. The van der Waals surface area contributed by atoms with Crippen LogP contribution in [0, 0.1) is 5.41 Å². The van der Waals surface area contributed by atoms with E-state index in [2.05, 4.69) is 10.1 Å². The molecule has 3 heterocycles. The fourth-order valence-electron chi connectivity index (χ4n) is 6.09. The number of halogens is 1. The topological polar surface area (TPSA) is 147 Å². The highest BCUT2D eigenvalue weighted by Gasteiger charge is 2.72. The van der Waals surface area contributed by atoms with E-state index in [4.69, 9.17) is 23.3 Å². The summed E-state index contributed by atoms with van der Waals surface area (Å²) in [7, 11) is -4.13. The highest BCUT2D eigenvalue weighted by molar-refractivity contribution is 8.13. The van der Waals surface area contributed by atoms with E-state index in [1.807, 2.05) is 51.1 Å². The number of aromatic amines is 1. The molecule has 2 saturated heterocycles. The number of fused-ring (bicyclic) bond motifs is 1. The molecule has 1 unspecified atom stereocenters. The number of nitrogens with zero attached hydrogens (tertiary/aromatic N) is 1. The summed E-state index contributed by atoms with van der Waals surface area (Å²) in [6.07, 6.45) is 2.48. The standard InChI is InChI=1S/C31H43FN3O9PS/c1-5-28(2,3)26(37)46-18-17-40-45(39,33-19-22-11-7-6-8-12-22)41-21-30(20-32)24-29(4,44-31(42-24)14-9-10-15-31)25(43-30)35-16-13-23(36)34-27(35)38/h6-8,11-13,16,24-25H,5,9-10,14-15,17-21H2,1-4H3,(H,33,39)(H,34,36,38)/t24-,25+,29+,30+,45?/m0/s1. The van der Waals surface area contributed by atoms with Gasteiger partial charge in [0.2, 0.25) is 0 Å². The van der Waals surface area contributed by atoms with Crippen LogP contribution < -0.4 is 16.3 Å². The second-order valence-corrected chi connectivity index (χ2v) is 15.8. The first kappa shape index (κ1) is 35.2. The second-order valence-electron chi connectivity index (χ2n) is 12.9. The van der Waals surface area contributed by atoms with Crippen molar-refractivity contribution in [2.75, 3.05) is 25.6 Å². The third-order valence-corrected chi connectivity index (χ3v) is 11.8. The van der Waals surface area contributed by atoms with E-state index in [9.17, 15) is 18.9 Å². The van der Waals surface area contributed by atoms with E-state index < -0.39 is 67.0 Å². The Morgan fingerprint density at radius 2 is 1.89 bits per heavy atom. The molecule has 1 aliphatic carbocycles. The van der Waals surface area contributed by atoms with Gasteiger partial charge in [-0.25, -0.2) is 18.8 Å². The molecule has 0 radical (unpaired) electrons. The zero-order chi connectivity index (χ0) is 33.2. The fourth-order valence-corrected chi connectivity index (χ4v) is 8.45. The van der Waals surface area contributed by atoms with Gasteiger partial charge in [-0.3, -0.25) is 28.2 Å². The van der Waals surface area contributed by atoms with Crippen molar-refractivity contribution in [1.82, 2.24) is 14.6 Å². The summed E-state index contributed by atoms with van der Waals surface area (Å²) in [6.45, 7) is 5.68. The monoisotopic (exact) mass is 683 g/mol. The molecule has 2 N–H and O–H groups in total. The summed E-state index contributed by atoms with van der Waals surface area (Å²) in [5.41, 5.74) is -4.29. The van der Waals surface area contributed by atoms with Gasteiger partial charge in [-0.2, -0.15) is 0 Å². The van der Waals surface area contributed by atoms with Crippen LogP contribution in [0.3, 0.4) is 0 Å². The van der Waals surface area contributed by atoms with Crippen LogP contribution in [0.2, 0.25) is 0 Å². The Hall–Kier alpha value is -2.16. The van der Waals surface area contributed by atoms with Crippen LogP contribution in [0.15, 0.2) is 52.2 Å². The average Bonchev–Trinajstić information content (AvgIpc) is 3.69. The quantitative estimate of drug-likeness (QED) is 0.208. The van der Waals surface area contributed by atoms with E-state index in [0.29, 0.717) is 19.3 Å². The number of nitrogens with one attached hydrogen (secondary N) is 2. The number of carbonyl (C=O) groups is 1. The number of hydrogen-bond acceptors (Lipinski definition) is 10. The van der Waals surface area contributed by atoms with Crippen LogP contribution in [0.1, 0.15) is 71.6 Å². The maximum atomic E-state index is 15.4. The van der Waals surface area contributed by atoms with Crippen molar-refractivity contribution < 1.29 is 37.0 Å². The predicted octanol–water partition coefficient (Wildman–Crippen LogP) is 4.85. The van der Waals surface area contributed by atoms with Gasteiger partial charge < -0.3 is 14.2 Å². The summed E-state index contributed by atoms with van der Waals surface area (Å²) >= 11 is 1.09. The zero-order valence-electron chi connectivity index (χ0n) is 26.6. The molecule has 3 fully saturated rings. The van der Waals surface area contributed by atoms with Gasteiger partial charge in [-0.05, 0) is 31.7 Å². The summed E-state index contributed by atoms with van der Waals surface area (Å²) in [5, 5.41) is 2.85. The molecule has 254 valence electrons. The van der Waals surface area contributed by atoms with E-state index in [1.165, 1.54) is 6.20 Å². The van der Waals surface area contributed by atoms with Gasteiger partial charge in [-0.15, -0.1) is 0 Å². The molecule has 2 aromatic rings. The SMILES string of the molecule is CCC(C)(C)C(=O)SCCOP(=O)(NCc1ccccc1)OC[C@@]1(CF)O[C@@H](n2ccc(=O)[nH]c2=O)[C@]2(C)OC3(CCCC3)O[C@H]12. The lowest BCUT2D eigenvalue weighted by molar-refractivity contribution is -0.252. The van der Waals surface area contributed by atoms with Gasteiger partial charge in [0.05, 0.1) is 13.2 Å². The van der Waals surface area contributed by atoms with Crippen molar-refractivity contribution in [3.8, 4) is 0 Å². The molecule has 2 aliphatic heterocycles. The number of hydrogen-bond donors (Lipinski definition) is 2. The number of thioether (sulfide) groups is 1. The molecular weight excluding hydrogens is 640 g/mol. The van der Waals surface area contributed by atoms with E-state index in [0.717, 1.165) is 40.8 Å². The van der Waals surface area contributed by atoms with Gasteiger partial charge in [0.25, 0.3) is 5.56 Å². The predicted molar refractivity (Wildman–Crippen MR) is 170 cm³/mol. The molecule has 1 saturated carbocycles. The molecule has 3 aliphatic rings. The number of rotatable bonds is 14. The first-order chi connectivity index (χ1) is 21.8. The molecule has 1 spiro atoms. The number of ether oxygens (including phenoxy) is 3. The van der Waals surface area contributed by atoms with Crippen molar-refractivity contribution in [3.63, 3.8) is 0 Å². The van der Waals surface area contributed by atoms with Gasteiger partial charge in [-0.1, -0.05) is 62.9 Å². The molecule has 0 bridgehead atoms. The van der Waals surface area contributed by atoms with Crippen molar-refractivity contribution in [2.24, 2.45) is 5.41 Å². The lowest BCUT2D eigenvalue weighted by Gasteiger charge is -2.34. The van der Waals surface area contributed by atoms with Crippen LogP contribution in [0.4, 0.5) is 4.39 Å².